The molecule has 0 aliphatic rings. The molecule has 0 saturated heterocycles. The van der Waals surface area contributed by atoms with Crippen LogP contribution in [0.2, 0.25) is 0 Å². The molecule has 142 valence electrons. The summed E-state index contributed by atoms with van der Waals surface area (Å²) in [6.07, 6.45) is 0. The number of nitrogens with one attached hydrogen (secondary N) is 1. The van der Waals surface area contributed by atoms with E-state index in [0.717, 1.165) is 5.56 Å². The fourth-order valence-electron chi connectivity index (χ4n) is 2.47. The maximum Gasteiger partial charge on any atom is 0.275 e. The summed E-state index contributed by atoms with van der Waals surface area (Å²) < 4.78 is 26.4. The molecule has 0 fully saturated rings. The Hall–Kier alpha value is -1.44. The second kappa shape index (κ2) is 9.89. The largest absolute Gasteiger partial charge is 0.351 e. The van der Waals surface area contributed by atoms with Crippen molar-refractivity contribution in [2.24, 2.45) is 5.92 Å². The summed E-state index contributed by atoms with van der Waals surface area (Å²) in [7, 11) is -3.43. The number of nitrogens with zero attached hydrogens (tertiary/aromatic N) is 1. The van der Waals surface area contributed by atoms with Gasteiger partial charge in [0.1, 0.15) is 6.04 Å². The average Bonchev–Trinajstić information content (AvgIpc) is 2.58. The van der Waals surface area contributed by atoms with Crippen LogP contribution in [0.15, 0.2) is 29.2 Å². The Morgan fingerprint density at radius 1 is 1.12 bits per heavy atom. The Labute approximate surface area is 152 Å². The fourth-order valence-corrected chi connectivity index (χ4v) is 3.92. The quantitative estimate of drug-likeness (QED) is 0.647. The zero-order chi connectivity index (χ0) is 19.0. The lowest BCUT2D eigenvalue weighted by molar-refractivity contribution is -0.682. The van der Waals surface area contributed by atoms with Crippen molar-refractivity contribution in [3.05, 3.63) is 29.8 Å². The highest BCUT2D eigenvalue weighted by molar-refractivity contribution is 7.89. The van der Waals surface area contributed by atoms with Gasteiger partial charge in [-0.05, 0) is 25.0 Å². The van der Waals surface area contributed by atoms with E-state index in [1.807, 2.05) is 38.2 Å². The lowest BCUT2D eigenvalue weighted by Gasteiger charge is -2.19. The number of quaternary nitrogens is 1. The Balaban J connectivity index is 2.68. The van der Waals surface area contributed by atoms with Crippen molar-refractivity contribution in [3.63, 3.8) is 0 Å². The predicted octanol–water partition coefficient (Wildman–Crippen LogP) is 1.11. The Bertz CT molecular complexity index is 638. The van der Waals surface area contributed by atoms with Crippen molar-refractivity contribution in [1.29, 1.82) is 0 Å². The van der Waals surface area contributed by atoms with Crippen molar-refractivity contribution in [3.8, 4) is 0 Å². The van der Waals surface area contributed by atoms with Crippen LogP contribution in [0.5, 0.6) is 0 Å². The van der Waals surface area contributed by atoms with Crippen molar-refractivity contribution in [1.82, 2.24) is 9.62 Å². The zero-order valence-electron chi connectivity index (χ0n) is 16.0. The Morgan fingerprint density at radius 2 is 1.68 bits per heavy atom. The molecule has 7 heteroatoms. The minimum atomic E-state index is -3.43. The van der Waals surface area contributed by atoms with E-state index in [1.54, 1.807) is 12.1 Å². The molecule has 0 aliphatic heterocycles. The van der Waals surface area contributed by atoms with Crippen LogP contribution in [-0.4, -0.2) is 44.8 Å². The normalized spacial score (nSPS) is 13.2. The van der Waals surface area contributed by atoms with E-state index in [0.29, 0.717) is 37.0 Å². The number of carbonyl (C=O) groups excluding carboxylic acids is 1. The molecule has 1 atom stereocenters. The van der Waals surface area contributed by atoms with Crippen LogP contribution in [0.4, 0.5) is 0 Å². The number of nitrogens with two attached hydrogens (primary N) is 1. The molecule has 0 unspecified atom stereocenters. The summed E-state index contributed by atoms with van der Waals surface area (Å²) in [6, 6.07) is 7.01. The number of hydrogen-bond donors (Lipinski definition) is 2. The minimum Gasteiger partial charge on any atom is -0.351 e. The summed E-state index contributed by atoms with van der Waals surface area (Å²) in [4.78, 5) is 12.1. The van der Waals surface area contributed by atoms with Crippen LogP contribution in [0, 0.1) is 5.92 Å². The van der Waals surface area contributed by atoms with E-state index in [9.17, 15) is 13.2 Å². The number of rotatable bonds is 10. The summed E-state index contributed by atoms with van der Waals surface area (Å²) in [5.74, 6) is 0.447. The van der Waals surface area contributed by atoms with E-state index in [1.165, 1.54) is 4.31 Å². The maximum atomic E-state index is 12.5. The molecule has 1 rings (SSSR count). The highest BCUT2D eigenvalue weighted by atomic mass is 32.2. The molecule has 0 bridgehead atoms. The van der Waals surface area contributed by atoms with E-state index in [4.69, 9.17) is 0 Å². The van der Waals surface area contributed by atoms with E-state index in [-0.39, 0.29) is 11.9 Å². The van der Waals surface area contributed by atoms with Gasteiger partial charge in [0.2, 0.25) is 10.0 Å². The van der Waals surface area contributed by atoms with Crippen LogP contribution in [-0.2, 0) is 14.8 Å². The Kier molecular flexibility index (Phi) is 8.55. The lowest BCUT2D eigenvalue weighted by atomic mass is 10.1. The molecule has 6 nitrogen and oxygen atoms in total. The topological polar surface area (TPSA) is 83.1 Å². The van der Waals surface area contributed by atoms with Gasteiger partial charge in [-0.2, -0.15) is 4.31 Å². The van der Waals surface area contributed by atoms with Gasteiger partial charge in [-0.25, -0.2) is 8.42 Å². The number of benzene rings is 1. The molecule has 1 aromatic carbocycles. The molecule has 0 saturated carbocycles. The van der Waals surface area contributed by atoms with E-state index < -0.39 is 10.0 Å². The van der Waals surface area contributed by atoms with Gasteiger partial charge in [-0.1, -0.05) is 39.8 Å². The van der Waals surface area contributed by atoms with Crippen LogP contribution in [0.1, 0.15) is 46.2 Å². The number of hydrogen-bond acceptors (Lipinski definition) is 3. The maximum absolute atomic E-state index is 12.5. The van der Waals surface area contributed by atoms with Gasteiger partial charge in [-0.15, -0.1) is 0 Å². The fraction of sp³-hybridized carbons (Fsp3) is 0.611. The molecular weight excluding hydrogens is 338 g/mol. The molecule has 25 heavy (non-hydrogen) atoms. The van der Waals surface area contributed by atoms with Gasteiger partial charge in [-0.3, -0.25) is 4.79 Å². The summed E-state index contributed by atoms with van der Waals surface area (Å²) >= 11 is 0. The highest BCUT2D eigenvalue weighted by Crippen LogP contribution is 2.18. The van der Waals surface area contributed by atoms with Gasteiger partial charge in [0.15, 0.2) is 6.54 Å². The van der Waals surface area contributed by atoms with Crippen molar-refractivity contribution in [2.75, 3.05) is 26.2 Å². The first-order chi connectivity index (χ1) is 11.7. The van der Waals surface area contributed by atoms with Gasteiger partial charge in [0.25, 0.3) is 5.91 Å². The molecule has 0 spiro atoms. The number of sulfonamides is 1. The van der Waals surface area contributed by atoms with Gasteiger partial charge < -0.3 is 10.6 Å². The Morgan fingerprint density at radius 3 is 2.16 bits per heavy atom. The molecular formula is C18H32N3O3S+. The van der Waals surface area contributed by atoms with Crippen molar-refractivity contribution < 1.29 is 18.5 Å². The second-order valence-electron chi connectivity index (χ2n) is 6.58. The standard InChI is InChI=1S/C18H31N3O3S/c1-6-21(7-2)25(23,24)17-10-8-16(9-11-17)15(5)19-13-18(22)20-12-14(3)4/h8-11,14-15,19H,6-7,12-13H2,1-5H3,(H,20,22)/p+1/t15-/m0/s1. The van der Waals surface area contributed by atoms with E-state index >= 15 is 0 Å². The van der Waals surface area contributed by atoms with E-state index in [2.05, 4.69) is 19.2 Å². The molecule has 1 aromatic rings. The SMILES string of the molecule is CCN(CC)S(=O)(=O)c1ccc([C@H](C)[NH2+]CC(=O)NCC(C)C)cc1. The molecule has 3 N–H and O–H groups in total. The number of amides is 1. The smallest absolute Gasteiger partial charge is 0.275 e. The van der Waals surface area contributed by atoms with Crippen LogP contribution >= 0.6 is 0 Å². The third-order valence-electron chi connectivity index (χ3n) is 4.11. The third-order valence-corrected chi connectivity index (χ3v) is 6.18. The second-order valence-corrected chi connectivity index (χ2v) is 8.52. The lowest BCUT2D eigenvalue weighted by Crippen LogP contribution is -2.87. The van der Waals surface area contributed by atoms with Gasteiger partial charge in [0, 0.05) is 25.2 Å². The first kappa shape index (κ1) is 21.6. The first-order valence-corrected chi connectivity index (χ1v) is 10.4. The molecule has 0 aromatic heterocycles. The predicted molar refractivity (Wildman–Crippen MR) is 99.6 cm³/mol. The van der Waals surface area contributed by atoms with Crippen LogP contribution in [0.3, 0.4) is 0 Å². The van der Waals surface area contributed by atoms with Gasteiger partial charge >= 0.3 is 0 Å². The third kappa shape index (κ3) is 6.41. The molecule has 1 amide bonds. The minimum absolute atomic E-state index is 0.0151. The molecule has 0 aliphatic carbocycles. The molecule has 0 radical (unpaired) electrons. The van der Waals surface area contributed by atoms with Crippen LogP contribution in [0.25, 0.3) is 0 Å². The first-order valence-electron chi connectivity index (χ1n) is 8.92. The van der Waals surface area contributed by atoms with Crippen LogP contribution < -0.4 is 10.6 Å². The highest BCUT2D eigenvalue weighted by Gasteiger charge is 2.22. The van der Waals surface area contributed by atoms with Crippen molar-refractivity contribution in [2.45, 2.75) is 45.6 Å². The van der Waals surface area contributed by atoms with Crippen molar-refractivity contribution >= 4 is 15.9 Å². The monoisotopic (exact) mass is 370 g/mol. The molecule has 0 heterocycles. The average molecular weight is 371 g/mol. The summed E-state index contributed by atoms with van der Waals surface area (Å²) in [5, 5.41) is 4.84. The van der Waals surface area contributed by atoms with Gasteiger partial charge in [0.05, 0.1) is 4.90 Å². The zero-order valence-corrected chi connectivity index (χ0v) is 16.8. The summed E-state index contributed by atoms with van der Waals surface area (Å²) in [5.41, 5.74) is 0.996. The summed E-state index contributed by atoms with van der Waals surface area (Å²) in [6.45, 7) is 11.7. The number of carbonyl (C=O) groups is 1.